The lowest BCUT2D eigenvalue weighted by atomic mass is 10.1. The van der Waals surface area contributed by atoms with Crippen molar-refractivity contribution in [2.75, 3.05) is 6.54 Å². The number of hydrogen-bond donors (Lipinski definition) is 2. The largest absolute Gasteiger partial charge is 0.445 e. The highest BCUT2D eigenvalue weighted by atomic mass is 19.4. The van der Waals surface area contributed by atoms with Crippen molar-refractivity contribution in [2.45, 2.75) is 58.4 Å². The van der Waals surface area contributed by atoms with Gasteiger partial charge in [-0.25, -0.2) is 9.78 Å². The van der Waals surface area contributed by atoms with Crippen molar-refractivity contribution in [1.29, 1.82) is 0 Å². The molecule has 2 amide bonds. The highest BCUT2D eigenvalue weighted by molar-refractivity contribution is 5.94. The van der Waals surface area contributed by atoms with Crippen molar-refractivity contribution < 1.29 is 32.2 Å². The van der Waals surface area contributed by atoms with Gasteiger partial charge in [0.2, 0.25) is 5.88 Å². The Labute approximate surface area is 202 Å². The molecule has 0 fully saturated rings. The second kappa shape index (κ2) is 12.1. The van der Waals surface area contributed by atoms with E-state index in [0.717, 1.165) is 18.9 Å². The second-order valence-corrected chi connectivity index (χ2v) is 8.69. The Morgan fingerprint density at radius 1 is 1.11 bits per heavy atom. The number of aromatic nitrogens is 1. The first-order chi connectivity index (χ1) is 16.4. The van der Waals surface area contributed by atoms with Crippen LogP contribution in [0.2, 0.25) is 0 Å². The van der Waals surface area contributed by atoms with E-state index in [9.17, 15) is 22.8 Å². The minimum absolute atomic E-state index is 0.0345. The van der Waals surface area contributed by atoms with E-state index in [-0.39, 0.29) is 28.7 Å². The van der Waals surface area contributed by atoms with Crippen LogP contribution in [0.4, 0.5) is 18.0 Å². The quantitative estimate of drug-likeness (QED) is 0.360. The molecule has 0 aliphatic carbocycles. The monoisotopic (exact) mass is 491 g/mol. The Balaban J connectivity index is 2.14. The third kappa shape index (κ3) is 9.96. The molecule has 2 aromatic rings. The maximum Gasteiger partial charge on any atom is 0.433 e. The van der Waals surface area contributed by atoms with Crippen LogP contribution in [0.5, 0.6) is 11.6 Å². The van der Waals surface area contributed by atoms with Crippen LogP contribution in [0.25, 0.3) is 0 Å². The van der Waals surface area contributed by atoms with E-state index in [2.05, 4.69) is 21.5 Å². The fourth-order valence-corrected chi connectivity index (χ4v) is 2.81. The highest BCUT2D eigenvalue weighted by Gasteiger charge is 2.33. The molecule has 2 N–H and O–H groups in total. The molecule has 1 aromatic carbocycles. The van der Waals surface area contributed by atoms with Crippen LogP contribution in [0.3, 0.4) is 0 Å². The lowest BCUT2D eigenvalue weighted by Crippen LogP contribution is -2.40. The fourth-order valence-electron chi connectivity index (χ4n) is 2.81. The number of ether oxygens (including phenoxy) is 2. The lowest BCUT2D eigenvalue weighted by molar-refractivity contribution is -0.141. The number of alkyl halides is 3. The van der Waals surface area contributed by atoms with E-state index >= 15 is 0 Å². The molecule has 0 radical (unpaired) electrons. The van der Waals surface area contributed by atoms with E-state index in [1.807, 2.05) is 0 Å². The van der Waals surface area contributed by atoms with E-state index in [0.29, 0.717) is 13.0 Å². The molecule has 7 nitrogen and oxygen atoms in total. The summed E-state index contributed by atoms with van der Waals surface area (Å²) in [5, 5.41) is 5.30. The zero-order valence-electron chi connectivity index (χ0n) is 19.8. The molecule has 0 spiro atoms. The summed E-state index contributed by atoms with van der Waals surface area (Å²) in [6.45, 7) is 5.23. The Kier molecular flexibility index (Phi) is 9.51. The summed E-state index contributed by atoms with van der Waals surface area (Å²) >= 11 is 0. The molecule has 0 aliphatic heterocycles. The first-order valence-electron chi connectivity index (χ1n) is 10.9. The third-order valence-electron chi connectivity index (χ3n) is 4.35. The summed E-state index contributed by atoms with van der Waals surface area (Å²) in [5.41, 5.74) is -1.47. The van der Waals surface area contributed by atoms with Crippen LogP contribution in [0.15, 0.2) is 36.4 Å². The molecule has 2 rings (SSSR count). The molecule has 0 aliphatic rings. The molecule has 1 aromatic heterocycles. The van der Waals surface area contributed by atoms with Gasteiger partial charge in [0.15, 0.2) is 0 Å². The Morgan fingerprint density at radius 2 is 1.86 bits per heavy atom. The van der Waals surface area contributed by atoms with E-state index in [1.54, 1.807) is 26.8 Å². The number of carbonyl (C=O) groups is 2. The van der Waals surface area contributed by atoms with Gasteiger partial charge in [0, 0.05) is 30.1 Å². The van der Waals surface area contributed by atoms with Crippen molar-refractivity contribution >= 4 is 12.0 Å². The van der Waals surface area contributed by atoms with Crippen LogP contribution in [-0.4, -0.2) is 29.1 Å². The van der Waals surface area contributed by atoms with Crippen molar-refractivity contribution in [3.63, 3.8) is 0 Å². The first kappa shape index (κ1) is 27.5. The van der Waals surface area contributed by atoms with Crippen LogP contribution >= 0.6 is 0 Å². The van der Waals surface area contributed by atoms with Gasteiger partial charge in [0.1, 0.15) is 18.1 Å². The van der Waals surface area contributed by atoms with Gasteiger partial charge in [-0.3, -0.25) is 4.79 Å². The predicted octanol–water partition coefficient (Wildman–Crippen LogP) is 5.45. The van der Waals surface area contributed by atoms with E-state index < -0.39 is 30.1 Å². The van der Waals surface area contributed by atoms with Crippen LogP contribution < -0.4 is 15.4 Å². The van der Waals surface area contributed by atoms with Crippen LogP contribution in [0, 0.1) is 12.3 Å². The molecule has 188 valence electrons. The standard InChI is InChI=1S/C25H28F3N3O4/c1-5-6-7-8-12-29-22(32)18-10-9-11-19(15-18)35-21-14-17(13-20(30-21)25(26,27)28)16-34-23(33)31-24(2,3)4/h1,9-11,13-15H,6-8,12,16H2,2-4H3,(H,29,32)(H,31,33). The number of nitrogens with one attached hydrogen (secondary N) is 2. The van der Waals surface area contributed by atoms with E-state index in [4.69, 9.17) is 15.9 Å². The second-order valence-electron chi connectivity index (χ2n) is 8.69. The molecule has 0 saturated heterocycles. The smallest absolute Gasteiger partial charge is 0.433 e. The summed E-state index contributed by atoms with van der Waals surface area (Å²) in [6, 6.07) is 7.98. The SMILES string of the molecule is C#CCCCCNC(=O)c1cccc(Oc2cc(COC(=O)NC(C)(C)C)cc(C(F)(F)F)n2)c1. The number of rotatable bonds is 9. The molecule has 1 heterocycles. The predicted molar refractivity (Wildman–Crippen MR) is 124 cm³/mol. The van der Waals surface area contributed by atoms with Crippen molar-refractivity contribution in [3.8, 4) is 24.0 Å². The Morgan fingerprint density at radius 3 is 2.51 bits per heavy atom. The number of pyridine rings is 1. The number of benzene rings is 1. The number of amides is 2. The summed E-state index contributed by atoms with van der Waals surface area (Å²) in [7, 11) is 0. The summed E-state index contributed by atoms with van der Waals surface area (Å²) in [5.74, 6) is 1.93. The minimum atomic E-state index is -4.75. The molecule has 10 heteroatoms. The van der Waals surface area contributed by atoms with Crippen molar-refractivity contribution in [1.82, 2.24) is 15.6 Å². The summed E-state index contributed by atoms with van der Waals surface area (Å²) in [6.07, 6.45) is 1.80. The first-order valence-corrected chi connectivity index (χ1v) is 10.9. The van der Waals surface area contributed by atoms with Gasteiger partial charge in [-0.05, 0) is 63.4 Å². The normalized spacial score (nSPS) is 11.3. The topological polar surface area (TPSA) is 89.5 Å². The van der Waals surface area contributed by atoms with Gasteiger partial charge in [0.25, 0.3) is 5.91 Å². The zero-order valence-corrected chi connectivity index (χ0v) is 19.8. The van der Waals surface area contributed by atoms with Crippen molar-refractivity contribution in [3.05, 3.63) is 53.2 Å². The zero-order chi connectivity index (χ0) is 26.1. The third-order valence-corrected chi connectivity index (χ3v) is 4.35. The van der Waals surface area contributed by atoms with Crippen LogP contribution in [-0.2, 0) is 17.5 Å². The minimum Gasteiger partial charge on any atom is -0.445 e. The highest BCUT2D eigenvalue weighted by Crippen LogP contribution is 2.31. The lowest BCUT2D eigenvalue weighted by Gasteiger charge is -2.20. The van der Waals surface area contributed by atoms with Gasteiger partial charge in [-0.2, -0.15) is 13.2 Å². The molecular formula is C25H28F3N3O4. The molecule has 0 unspecified atom stereocenters. The summed E-state index contributed by atoms with van der Waals surface area (Å²) < 4.78 is 50.7. The van der Waals surface area contributed by atoms with Gasteiger partial charge < -0.3 is 20.1 Å². The van der Waals surface area contributed by atoms with E-state index in [1.165, 1.54) is 24.3 Å². The molecule has 0 atom stereocenters. The number of unbranched alkanes of at least 4 members (excludes halogenated alkanes) is 2. The fraction of sp³-hybridized carbons (Fsp3) is 0.400. The number of carbonyl (C=O) groups excluding carboxylic acids is 2. The average Bonchev–Trinajstić information content (AvgIpc) is 2.76. The molecule has 0 bridgehead atoms. The number of alkyl carbamates (subject to hydrolysis) is 1. The number of terminal acetylenes is 1. The number of hydrogen-bond acceptors (Lipinski definition) is 5. The summed E-state index contributed by atoms with van der Waals surface area (Å²) in [4.78, 5) is 27.7. The Hall–Kier alpha value is -3.74. The number of nitrogens with zero attached hydrogens (tertiary/aromatic N) is 1. The van der Waals surface area contributed by atoms with Gasteiger partial charge in [-0.15, -0.1) is 12.3 Å². The molecular weight excluding hydrogens is 463 g/mol. The molecule has 35 heavy (non-hydrogen) atoms. The average molecular weight is 492 g/mol. The van der Waals surface area contributed by atoms with Gasteiger partial charge >= 0.3 is 12.3 Å². The Bertz CT molecular complexity index is 1070. The maximum atomic E-state index is 13.4. The van der Waals surface area contributed by atoms with Gasteiger partial charge in [0.05, 0.1) is 0 Å². The molecule has 0 saturated carbocycles. The number of halogens is 3. The van der Waals surface area contributed by atoms with Crippen molar-refractivity contribution in [2.24, 2.45) is 0 Å². The van der Waals surface area contributed by atoms with Crippen LogP contribution in [0.1, 0.15) is 61.6 Å². The van der Waals surface area contributed by atoms with Gasteiger partial charge in [-0.1, -0.05) is 6.07 Å². The maximum absolute atomic E-state index is 13.4.